The number of anilines is 1. The predicted molar refractivity (Wildman–Crippen MR) is 115 cm³/mol. The molecule has 3 heterocycles. The van der Waals surface area contributed by atoms with E-state index in [4.69, 9.17) is 12.2 Å². The van der Waals surface area contributed by atoms with Gasteiger partial charge in [0.15, 0.2) is 0 Å². The minimum Gasteiger partial charge on any atom is -0.369 e. The first kappa shape index (κ1) is 19.6. The highest BCUT2D eigenvalue weighted by molar-refractivity contribution is 8.26. The second-order valence-electron chi connectivity index (χ2n) is 6.34. The summed E-state index contributed by atoms with van der Waals surface area (Å²) < 4.78 is 2.01. The van der Waals surface area contributed by atoms with Gasteiger partial charge in [-0.3, -0.25) is 18.9 Å². The number of carbonyl (C=O) groups is 1. The highest BCUT2D eigenvalue weighted by atomic mass is 32.2. The fourth-order valence-electron chi connectivity index (χ4n) is 2.78. The molecule has 0 bridgehead atoms. The van der Waals surface area contributed by atoms with E-state index in [1.807, 2.05) is 26.8 Å². The van der Waals surface area contributed by atoms with Crippen LogP contribution in [0.15, 0.2) is 34.1 Å². The SMILES string of the molecule is CCCNc1nc2ccccn2c(=O)c1/C=C1\SC(=S)N([C@@H](C)CC)C1=O. The highest BCUT2D eigenvalue weighted by Crippen LogP contribution is 2.34. The number of rotatable bonds is 6. The Morgan fingerprint density at radius 2 is 2.11 bits per heavy atom. The second kappa shape index (κ2) is 8.22. The van der Waals surface area contributed by atoms with Crippen molar-refractivity contribution >= 4 is 51.7 Å². The van der Waals surface area contributed by atoms with Crippen LogP contribution in [-0.2, 0) is 4.79 Å². The fourth-order valence-corrected chi connectivity index (χ4v) is 4.23. The molecular weight excluding hydrogens is 380 g/mol. The number of hydrogen-bond donors (Lipinski definition) is 1. The summed E-state index contributed by atoms with van der Waals surface area (Å²) in [5, 5.41) is 3.21. The van der Waals surface area contributed by atoms with Crippen LogP contribution >= 0.6 is 24.0 Å². The molecule has 8 heteroatoms. The van der Waals surface area contributed by atoms with Crippen LogP contribution in [0.5, 0.6) is 0 Å². The topological polar surface area (TPSA) is 66.7 Å². The number of thioether (sulfide) groups is 1. The lowest BCUT2D eigenvalue weighted by molar-refractivity contribution is -0.123. The molecule has 0 saturated carbocycles. The largest absolute Gasteiger partial charge is 0.369 e. The number of amides is 1. The van der Waals surface area contributed by atoms with Crippen molar-refractivity contribution in [2.75, 3.05) is 11.9 Å². The fraction of sp³-hybridized carbons (Fsp3) is 0.368. The molecule has 2 aromatic rings. The Labute approximate surface area is 167 Å². The van der Waals surface area contributed by atoms with Crippen molar-refractivity contribution in [3.8, 4) is 0 Å². The van der Waals surface area contributed by atoms with Crippen LogP contribution in [0, 0.1) is 0 Å². The first-order valence-electron chi connectivity index (χ1n) is 9.00. The zero-order chi connectivity index (χ0) is 19.6. The molecule has 1 fully saturated rings. The molecule has 0 unspecified atom stereocenters. The summed E-state index contributed by atoms with van der Waals surface area (Å²) in [7, 11) is 0. The van der Waals surface area contributed by atoms with E-state index in [1.165, 1.54) is 16.2 Å². The van der Waals surface area contributed by atoms with Crippen LogP contribution in [-0.4, -0.2) is 37.1 Å². The van der Waals surface area contributed by atoms with E-state index in [1.54, 1.807) is 29.3 Å². The number of fused-ring (bicyclic) bond motifs is 1. The van der Waals surface area contributed by atoms with E-state index in [0.717, 1.165) is 12.8 Å². The Hall–Kier alpha value is -2.19. The number of aromatic nitrogens is 2. The third kappa shape index (κ3) is 3.77. The van der Waals surface area contributed by atoms with Gasteiger partial charge in [0.05, 0.1) is 10.5 Å². The Kier molecular flexibility index (Phi) is 5.96. The second-order valence-corrected chi connectivity index (χ2v) is 8.02. The molecule has 0 aromatic carbocycles. The maximum absolute atomic E-state index is 13.0. The van der Waals surface area contributed by atoms with Gasteiger partial charge in [0.2, 0.25) is 0 Å². The zero-order valence-electron chi connectivity index (χ0n) is 15.6. The zero-order valence-corrected chi connectivity index (χ0v) is 17.2. The number of pyridine rings is 1. The molecule has 1 amide bonds. The number of nitrogens with one attached hydrogen (secondary N) is 1. The lowest BCUT2D eigenvalue weighted by Crippen LogP contribution is -2.36. The van der Waals surface area contributed by atoms with Crippen molar-refractivity contribution in [2.45, 2.75) is 39.7 Å². The van der Waals surface area contributed by atoms with Gasteiger partial charge in [0.25, 0.3) is 11.5 Å². The summed E-state index contributed by atoms with van der Waals surface area (Å²) in [4.78, 5) is 32.5. The van der Waals surface area contributed by atoms with Gasteiger partial charge in [-0.05, 0) is 38.0 Å². The minimum atomic E-state index is -0.215. The summed E-state index contributed by atoms with van der Waals surface area (Å²) in [6.45, 7) is 6.70. The summed E-state index contributed by atoms with van der Waals surface area (Å²) in [6.07, 6.45) is 5.00. The summed E-state index contributed by atoms with van der Waals surface area (Å²) in [5.41, 5.74) is 0.718. The Morgan fingerprint density at radius 1 is 1.33 bits per heavy atom. The number of carbonyl (C=O) groups excluding carboxylic acids is 1. The highest BCUT2D eigenvalue weighted by Gasteiger charge is 2.35. The van der Waals surface area contributed by atoms with Crippen molar-refractivity contribution in [1.29, 1.82) is 0 Å². The van der Waals surface area contributed by atoms with Crippen LogP contribution < -0.4 is 10.9 Å². The van der Waals surface area contributed by atoms with E-state index in [2.05, 4.69) is 10.3 Å². The van der Waals surface area contributed by atoms with Gasteiger partial charge in [0, 0.05) is 18.8 Å². The van der Waals surface area contributed by atoms with Crippen molar-refractivity contribution in [1.82, 2.24) is 14.3 Å². The molecule has 0 radical (unpaired) electrons. The molecule has 0 aliphatic carbocycles. The van der Waals surface area contributed by atoms with E-state index in [0.29, 0.717) is 32.8 Å². The average Bonchev–Trinajstić information content (AvgIpc) is 2.95. The van der Waals surface area contributed by atoms with Gasteiger partial charge in [-0.2, -0.15) is 0 Å². The number of hydrogen-bond acceptors (Lipinski definition) is 6. The number of nitrogens with zero attached hydrogens (tertiary/aromatic N) is 3. The molecule has 3 rings (SSSR count). The predicted octanol–water partition coefficient (Wildman–Crippen LogP) is 3.52. The van der Waals surface area contributed by atoms with E-state index < -0.39 is 0 Å². The van der Waals surface area contributed by atoms with E-state index in [-0.39, 0.29) is 17.5 Å². The standard InChI is InChI=1S/C19H22N4O2S2/c1-4-9-20-16-13(17(24)22-10-7-6-8-15(22)21-16)11-14-18(25)23(12(3)5-2)19(26)27-14/h6-8,10-12,20H,4-5,9H2,1-3H3/b14-11-/t12-/m0/s1. The maximum atomic E-state index is 13.0. The van der Waals surface area contributed by atoms with Gasteiger partial charge >= 0.3 is 0 Å². The van der Waals surface area contributed by atoms with Crippen molar-refractivity contribution in [3.05, 3.63) is 45.2 Å². The molecule has 1 aliphatic heterocycles. The summed E-state index contributed by atoms with van der Waals surface area (Å²) in [5.74, 6) is 0.334. The van der Waals surface area contributed by atoms with Gasteiger partial charge in [-0.25, -0.2) is 4.98 Å². The maximum Gasteiger partial charge on any atom is 0.267 e. The molecule has 1 aliphatic rings. The normalized spacial score (nSPS) is 17.1. The molecule has 0 spiro atoms. The summed E-state index contributed by atoms with van der Waals surface area (Å²) >= 11 is 6.61. The Bertz CT molecular complexity index is 983. The molecule has 27 heavy (non-hydrogen) atoms. The Balaban J connectivity index is 2.11. The molecule has 2 aromatic heterocycles. The van der Waals surface area contributed by atoms with Crippen molar-refractivity contribution < 1.29 is 4.79 Å². The Morgan fingerprint density at radius 3 is 2.81 bits per heavy atom. The molecule has 6 nitrogen and oxygen atoms in total. The smallest absolute Gasteiger partial charge is 0.267 e. The van der Waals surface area contributed by atoms with E-state index >= 15 is 0 Å². The van der Waals surface area contributed by atoms with Crippen LogP contribution in [0.3, 0.4) is 0 Å². The lowest BCUT2D eigenvalue weighted by Gasteiger charge is -2.21. The van der Waals surface area contributed by atoms with Gasteiger partial charge in [-0.15, -0.1) is 0 Å². The minimum absolute atomic E-state index is 0.0249. The van der Waals surface area contributed by atoms with E-state index in [9.17, 15) is 9.59 Å². The molecule has 1 saturated heterocycles. The average molecular weight is 403 g/mol. The first-order chi connectivity index (χ1) is 13.0. The first-order valence-corrected chi connectivity index (χ1v) is 10.2. The monoisotopic (exact) mass is 402 g/mol. The van der Waals surface area contributed by atoms with Gasteiger partial charge in [-0.1, -0.05) is 43.9 Å². The molecule has 1 atom stereocenters. The van der Waals surface area contributed by atoms with Crippen molar-refractivity contribution in [3.63, 3.8) is 0 Å². The quantitative estimate of drug-likeness (QED) is 0.589. The van der Waals surface area contributed by atoms with Crippen molar-refractivity contribution in [2.24, 2.45) is 0 Å². The van der Waals surface area contributed by atoms with Crippen LogP contribution in [0.4, 0.5) is 5.82 Å². The third-order valence-electron chi connectivity index (χ3n) is 4.44. The summed E-state index contributed by atoms with van der Waals surface area (Å²) in [6, 6.07) is 5.42. The lowest BCUT2D eigenvalue weighted by atomic mass is 10.2. The van der Waals surface area contributed by atoms with Crippen LogP contribution in [0.1, 0.15) is 39.2 Å². The van der Waals surface area contributed by atoms with Crippen LogP contribution in [0.2, 0.25) is 0 Å². The van der Waals surface area contributed by atoms with Gasteiger partial charge in [0.1, 0.15) is 15.8 Å². The number of thiocarbonyl (C=S) groups is 1. The van der Waals surface area contributed by atoms with Crippen LogP contribution in [0.25, 0.3) is 11.7 Å². The molecule has 1 N–H and O–H groups in total. The third-order valence-corrected chi connectivity index (χ3v) is 5.77. The van der Waals surface area contributed by atoms with Gasteiger partial charge < -0.3 is 5.32 Å². The molecule has 142 valence electrons. The molecular formula is C19H22N4O2S2.